The van der Waals surface area contributed by atoms with Gasteiger partial charge < -0.3 is 14.3 Å². The summed E-state index contributed by atoms with van der Waals surface area (Å²) in [5, 5.41) is 9.07. The van der Waals surface area contributed by atoms with Gasteiger partial charge in [-0.1, -0.05) is 18.2 Å². The van der Waals surface area contributed by atoms with Crippen LogP contribution in [0.2, 0.25) is 0 Å². The number of aromatic carboxylic acids is 1. The zero-order chi connectivity index (χ0) is 14.8. The van der Waals surface area contributed by atoms with E-state index in [1.54, 1.807) is 13.0 Å². The van der Waals surface area contributed by atoms with E-state index < -0.39 is 5.97 Å². The number of rotatable bonds is 3. The highest BCUT2D eigenvalue weighted by Gasteiger charge is 2.19. The van der Waals surface area contributed by atoms with Crippen LogP contribution < -0.4 is 4.74 Å². The Bertz CT molecular complexity index is 662. The molecule has 0 spiro atoms. The second-order valence-electron chi connectivity index (χ2n) is 5.15. The number of nitrogens with zero attached hydrogens (tertiary/aromatic N) is 1. The molecule has 1 aliphatic rings. The van der Waals surface area contributed by atoms with Crippen molar-refractivity contribution >= 4 is 5.97 Å². The minimum Gasteiger partial charge on any atom is -0.492 e. The van der Waals surface area contributed by atoms with Crippen LogP contribution in [-0.4, -0.2) is 29.1 Å². The standard InChI is InChI=1S/C16H17NO4/c1-11-14(16(18)19)8-13(21-11)10-17-6-7-20-15-5-3-2-4-12(15)9-17/h2-5,8H,6-7,9-10H2,1H3,(H,18,19). The molecule has 3 rings (SSSR count). The Morgan fingerprint density at radius 2 is 2.19 bits per heavy atom. The molecule has 0 radical (unpaired) electrons. The van der Waals surface area contributed by atoms with Gasteiger partial charge in [0, 0.05) is 18.7 Å². The number of benzene rings is 1. The van der Waals surface area contributed by atoms with Crippen LogP contribution in [0, 0.1) is 6.92 Å². The first-order chi connectivity index (χ1) is 10.1. The van der Waals surface area contributed by atoms with Crippen LogP contribution in [0.3, 0.4) is 0 Å². The third kappa shape index (κ3) is 2.92. The quantitative estimate of drug-likeness (QED) is 0.940. The molecule has 1 aromatic heterocycles. The Kier molecular flexibility index (Phi) is 3.66. The number of furan rings is 1. The third-order valence-electron chi connectivity index (χ3n) is 3.61. The fraction of sp³-hybridized carbons (Fsp3) is 0.312. The molecule has 1 N–H and O–H groups in total. The summed E-state index contributed by atoms with van der Waals surface area (Å²) >= 11 is 0. The first kappa shape index (κ1) is 13.7. The number of carboxylic acid groups (broad SMARTS) is 1. The average Bonchev–Trinajstić information content (AvgIpc) is 2.69. The van der Waals surface area contributed by atoms with Crippen LogP contribution in [0.1, 0.15) is 27.4 Å². The van der Waals surface area contributed by atoms with E-state index in [0.717, 1.165) is 24.4 Å². The molecular formula is C16H17NO4. The summed E-state index contributed by atoms with van der Waals surface area (Å²) in [5.74, 6) is 1.09. The first-order valence-corrected chi connectivity index (χ1v) is 6.89. The number of hydrogen-bond donors (Lipinski definition) is 1. The van der Waals surface area contributed by atoms with Crippen LogP contribution in [0.15, 0.2) is 34.7 Å². The number of ether oxygens (including phenoxy) is 1. The zero-order valence-corrected chi connectivity index (χ0v) is 11.8. The number of para-hydroxylation sites is 1. The highest BCUT2D eigenvalue weighted by atomic mass is 16.5. The molecule has 2 aromatic rings. The number of hydrogen-bond acceptors (Lipinski definition) is 4. The summed E-state index contributed by atoms with van der Waals surface area (Å²) in [6.45, 7) is 4.40. The molecule has 0 atom stereocenters. The molecule has 0 saturated heterocycles. The van der Waals surface area contributed by atoms with Gasteiger partial charge in [-0.2, -0.15) is 0 Å². The van der Waals surface area contributed by atoms with Gasteiger partial charge in [-0.05, 0) is 19.1 Å². The summed E-state index contributed by atoms with van der Waals surface area (Å²) in [6, 6.07) is 9.58. The van der Waals surface area contributed by atoms with E-state index in [-0.39, 0.29) is 5.56 Å². The molecule has 0 aliphatic carbocycles. The van der Waals surface area contributed by atoms with Crippen molar-refractivity contribution in [2.75, 3.05) is 13.2 Å². The van der Waals surface area contributed by atoms with Crippen LogP contribution in [0.25, 0.3) is 0 Å². The summed E-state index contributed by atoms with van der Waals surface area (Å²) in [4.78, 5) is 13.2. The molecule has 21 heavy (non-hydrogen) atoms. The highest BCUT2D eigenvalue weighted by Crippen LogP contribution is 2.24. The van der Waals surface area contributed by atoms with E-state index in [9.17, 15) is 4.79 Å². The fourth-order valence-electron chi connectivity index (χ4n) is 2.57. The van der Waals surface area contributed by atoms with Crippen molar-refractivity contribution in [1.82, 2.24) is 4.90 Å². The van der Waals surface area contributed by atoms with Gasteiger partial charge in [-0.25, -0.2) is 4.79 Å². The molecule has 0 unspecified atom stereocenters. The van der Waals surface area contributed by atoms with Crippen molar-refractivity contribution in [3.05, 3.63) is 53.0 Å². The Morgan fingerprint density at radius 3 is 2.95 bits per heavy atom. The van der Waals surface area contributed by atoms with Crippen molar-refractivity contribution in [2.24, 2.45) is 0 Å². The molecule has 110 valence electrons. The predicted molar refractivity (Wildman–Crippen MR) is 76.5 cm³/mol. The Morgan fingerprint density at radius 1 is 1.38 bits per heavy atom. The monoisotopic (exact) mass is 287 g/mol. The minimum absolute atomic E-state index is 0.233. The van der Waals surface area contributed by atoms with E-state index in [1.165, 1.54) is 0 Å². The summed E-state index contributed by atoms with van der Waals surface area (Å²) in [7, 11) is 0. The van der Waals surface area contributed by atoms with Gasteiger partial charge in [-0.3, -0.25) is 4.90 Å². The molecule has 0 amide bonds. The second kappa shape index (κ2) is 5.61. The summed E-state index contributed by atoms with van der Waals surface area (Å²) < 4.78 is 11.3. The number of carboxylic acids is 1. The van der Waals surface area contributed by atoms with Crippen molar-refractivity contribution in [3.8, 4) is 5.75 Å². The molecule has 2 heterocycles. The normalized spacial score (nSPS) is 15.1. The maximum Gasteiger partial charge on any atom is 0.339 e. The van der Waals surface area contributed by atoms with Gasteiger partial charge in [0.2, 0.25) is 0 Å². The van der Waals surface area contributed by atoms with Crippen LogP contribution >= 0.6 is 0 Å². The topological polar surface area (TPSA) is 62.9 Å². The average molecular weight is 287 g/mol. The molecule has 5 heteroatoms. The lowest BCUT2D eigenvalue weighted by Gasteiger charge is -2.17. The van der Waals surface area contributed by atoms with E-state index >= 15 is 0 Å². The van der Waals surface area contributed by atoms with Gasteiger partial charge in [0.1, 0.15) is 29.4 Å². The number of fused-ring (bicyclic) bond motifs is 1. The molecule has 0 saturated carbocycles. The maximum absolute atomic E-state index is 11.1. The SMILES string of the molecule is Cc1oc(CN2CCOc3ccccc3C2)cc1C(=O)O. The van der Waals surface area contributed by atoms with Crippen molar-refractivity contribution in [3.63, 3.8) is 0 Å². The molecule has 1 aliphatic heterocycles. The van der Waals surface area contributed by atoms with Gasteiger partial charge >= 0.3 is 5.97 Å². The highest BCUT2D eigenvalue weighted by molar-refractivity contribution is 5.88. The summed E-state index contributed by atoms with van der Waals surface area (Å²) in [5.41, 5.74) is 1.37. The molecule has 1 aromatic carbocycles. The first-order valence-electron chi connectivity index (χ1n) is 6.89. The van der Waals surface area contributed by atoms with E-state index in [0.29, 0.717) is 24.7 Å². The largest absolute Gasteiger partial charge is 0.492 e. The Balaban J connectivity index is 1.76. The minimum atomic E-state index is -0.952. The maximum atomic E-state index is 11.1. The Hall–Kier alpha value is -2.27. The van der Waals surface area contributed by atoms with Gasteiger partial charge in [0.25, 0.3) is 0 Å². The lowest BCUT2D eigenvalue weighted by atomic mass is 10.2. The van der Waals surface area contributed by atoms with Crippen LogP contribution in [0.4, 0.5) is 0 Å². The number of carbonyl (C=O) groups is 1. The number of aryl methyl sites for hydroxylation is 1. The van der Waals surface area contributed by atoms with Crippen LogP contribution in [0.5, 0.6) is 5.75 Å². The third-order valence-corrected chi connectivity index (χ3v) is 3.61. The van der Waals surface area contributed by atoms with Crippen LogP contribution in [-0.2, 0) is 13.1 Å². The van der Waals surface area contributed by atoms with E-state index in [1.807, 2.05) is 24.3 Å². The molecule has 5 nitrogen and oxygen atoms in total. The summed E-state index contributed by atoms with van der Waals surface area (Å²) in [6.07, 6.45) is 0. The molecular weight excluding hydrogens is 270 g/mol. The zero-order valence-electron chi connectivity index (χ0n) is 11.8. The smallest absolute Gasteiger partial charge is 0.339 e. The van der Waals surface area contributed by atoms with Crippen molar-refractivity contribution in [1.29, 1.82) is 0 Å². The van der Waals surface area contributed by atoms with Gasteiger partial charge in [0.05, 0.1) is 6.54 Å². The van der Waals surface area contributed by atoms with Gasteiger partial charge in [0.15, 0.2) is 0 Å². The predicted octanol–water partition coefficient (Wildman–Crippen LogP) is 2.68. The van der Waals surface area contributed by atoms with Crippen molar-refractivity contribution < 1.29 is 19.1 Å². The second-order valence-corrected chi connectivity index (χ2v) is 5.15. The van der Waals surface area contributed by atoms with E-state index in [4.69, 9.17) is 14.3 Å². The Labute approximate surface area is 122 Å². The molecule has 0 bridgehead atoms. The van der Waals surface area contributed by atoms with E-state index in [2.05, 4.69) is 4.90 Å². The van der Waals surface area contributed by atoms with Crippen molar-refractivity contribution in [2.45, 2.75) is 20.0 Å². The van der Waals surface area contributed by atoms with Gasteiger partial charge in [-0.15, -0.1) is 0 Å². The fourth-order valence-corrected chi connectivity index (χ4v) is 2.57. The molecule has 0 fully saturated rings. The lowest BCUT2D eigenvalue weighted by molar-refractivity contribution is 0.0695. The lowest BCUT2D eigenvalue weighted by Crippen LogP contribution is -2.25.